The number of hydrogen-bond acceptors (Lipinski definition) is 12. The Kier molecular flexibility index (Phi) is 10.1. The highest BCUT2D eigenvalue weighted by molar-refractivity contribution is 8.00. The monoisotopic (exact) mass is 737 g/mol. The molecule has 0 aliphatic carbocycles. The van der Waals surface area contributed by atoms with E-state index in [0.29, 0.717) is 31.1 Å². The number of Topliss-reactive ketones (excluding diaryl/α,β-unsaturated/α-hetero) is 1. The number of ether oxygens (including phenoxy) is 1. The van der Waals surface area contributed by atoms with Crippen molar-refractivity contribution >= 4 is 45.6 Å². The average molecular weight is 738 g/mol. The topological polar surface area (TPSA) is 175 Å². The molecular weight excluding hydrogens is 695 g/mol. The van der Waals surface area contributed by atoms with Crippen molar-refractivity contribution in [3.8, 4) is 28.5 Å². The fraction of sp³-hybridized carbons (Fsp3) is 0.368. The van der Waals surface area contributed by atoms with Gasteiger partial charge < -0.3 is 25.2 Å². The first kappa shape index (κ1) is 36.3. The van der Waals surface area contributed by atoms with Crippen molar-refractivity contribution in [2.24, 2.45) is 7.05 Å². The Bertz CT molecular complexity index is 2150. The third-order valence-corrected chi connectivity index (χ3v) is 11.2. The number of carbonyl (C=O) groups is 2. The highest BCUT2D eigenvalue weighted by Gasteiger charge is 2.53. The minimum Gasteiger partial charge on any atom is -0.475 e. The molecule has 1 atom stereocenters. The van der Waals surface area contributed by atoms with Crippen LogP contribution < -0.4 is 10.1 Å². The van der Waals surface area contributed by atoms with E-state index >= 15 is 0 Å². The molecule has 0 saturated carbocycles. The lowest BCUT2D eigenvalue weighted by Gasteiger charge is -2.37. The van der Waals surface area contributed by atoms with Crippen molar-refractivity contribution in [2.75, 3.05) is 44.3 Å². The summed E-state index contributed by atoms with van der Waals surface area (Å²) in [5.74, 6) is -2.45. The molecule has 2 aliphatic heterocycles. The van der Waals surface area contributed by atoms with E-state index in [-0.39, 0.29) is 38.1 Å². The second-order valence-electron chi connectivity index (χ2n) is 13.7. The largest absolute Gasteiger partial charge is 0.475 e. The molecule has 4 N–H and O–H groups in total. The van der Waals surface area contributed by atoms with E-state index in [1.807, 2.05) is 87.8 Å². The van der Waals surface area contributed by atoms with Gasteiger partial charge in [-0.05, 0) is 68.3 Å². The molecule has 276 valence electrons. The maximum atomic E-state index is 13.8. The fourth-order valence-corrected chi connectivity index (χ4v) is 7.72. The van der Waals surface area contributed by atoms with E-state index in [9.17, 15) is 19.8 Å². The van der Waals surface area contributed by atoms with E-state index < -0.39 is 16.6 Å². The van der Waals surface area contributed by atoms with Crippen LogP contribution in [0.4, 0.5) is 5.69 Å². The van der Waals surface area contributed by atoms with Crippen LogP contribution in [0.2, 0.25) is 0 Å². The Morgan fingerprint density at radius 1 is 1.06 bits per heavy atom. The third kappa shape index (κ3) is 7.42. The van der Waals surface area contributed by atoms with Crippen LogP contribution in [0.3, 0.4) is 0 Å². The van der Waals surface area contributed by atoms with E-state index in [1.165, 1.54) is 21.6 Å². The SMILES string of the molecule is CSC1(C(=O)CNc2ccc3[nH]nc(-c4ccc(OC(C)C)nc4)c3c2)CCN(C(O)(O)C(=O)N2CC=C(c3ccc(-c4ncn(C)n4)cc3)CC2)C1. The van der Waals surface area contributed by atoms with Crippen LogP contribution in [0.1, 0.15) is 32.3 Å². The Hall–Kier alpha value is -5.09. The number of pyridine rings is 1. The van der Waals surface area contributed by atoms with Gasteiger partial charge in [0.1, 0.15) is 12.0 Å². The van der Waals surface area contributed by atoms with E-state index in [1.54, 1.807) is 17.2 Å². The maximum Gasteiger partial charge on any atom is 0.309 e. The van der Waals surface area contributed by atoms with Gasteiger partial charge in [0, 0.05) is 67.7 Å². The van der Waals surface area contributed by atoms with Crippen LogP contribution >= 0.6 is 11.8 Å². The summed E-state index contributed by atoms with van der Waals surface area (Å²) in [5, 5.41) is 38.5. The van der Waals surface area contributed by atoms with Gasteiger partial charge in [0.05, 0.1) is 22.9 Å². The number of thioether (sulfide) groups is 1. The van der Waals surface area contributed by atoms with E-state index in [2.05, 4.69) is 30.6 Å². The molecule has 5 heterocycles. The number of nitrogens with one attached hydrogen (secondary N) is 2. The highest BCUT2D eigenvalue weighted by atomic mass is 32.2. The average Bonchev–Trinajstić information content (AvgIpc) is 3.93. The van der Waals surface area contributed by atoms with Crippen molar-refractivity contribution in [1.82, 2.24) is 39.7 Å². The van der Waals surface area contributed by atoms with Gasteiger partial charge in [0.25, 0.3) is 5.91 Å². The van der Waals surface area contributed by atoms with Crippen LogP contribution in [-0.4, -0.2) is 117 Å². The minimum absolute atomic E-state index is 0.0186. The Balaban J connectivity index is 0.966. The van der Waals surface area contributed by atoms with Crippen molar-refractivity contribution in [2.45, 2.75) is 43.5 Å². The predicted octanol–water partition coefficient (Wildman–Crippen LogP) is 3.95. The summed E-state index contributed by atoms with van der Waals surface area (Å²) >= 11 is 1.37. The summed E-state index contributed by atoms with van der Waals surface area (Å²) in [6.07, 6.45) is 8.10. The standard InChI is InChI=1S/C38H43N9O5S/c1-24(2)52-33-12-9-28(20-40-33)34-30-19-29(10-11-31(30)42-43-34)39-21-32(48)37(53-4)15-18-47(22-37)38(50,51)36(49)46-16-13-26(14-17-46)25-5-7-27(8-6-25)35-41-23-45(3)44-35/h5-13,19-20,23-24,39,50-51H,14-18,21-22H2,1-4H3,(H,42,43). The number of nitrogens with zero attached hydrogens (tertiary/aromatic N) is 7. The molecule has 3 aromatic heterocycles. The number of amides is 1. The smallest absolute Gasteiger partial charge is 0.309 e. The zero-order valence-electron chi connectivity index (χ0n) is 30.1. The van der Waals surface area contributed by atoms with Gasteiger partial charge in [-0.1, -0.05) is 30.3 Å². The van der Waals surface area contributed by atoms with Crippen LogP contribution in [0, 0.1) is 0 Å². The number of carbonyl (C=O) groups excluding carboxylic acids is 2. The number of hydrogen-bond donors (Lipinski definition) is 4. The number of aromatic nitrogens is 6. The van der Waals surface area contributed by atoms with Crippen molar-refractivity contribution in [3.05, 3.63) is 78.8 Å². The van der Waals surface area contributed by atoms with Gasteiger partial charge >= 0.3 is 5.91 Å². The molecule has 1 amide bonds. The van der Waals surface area contributed by atoms with E-state index in [0.717, 1.165) is 44.5 Å². The molecule has 0 spiro atoms. The number of aliphatic hydroxyl groups is 2. The molecule has 15 heteroatoms. The van der Waals surface area contributed by atoms with Gasteiger partial charge in [-0.3, -0.25) is 19.4 Å². The van der Waals surface area contributed by atoms with Crippen LogP contribution in [0.15, 0.2) is 73.2 Å². The van der Waals surface area contributed by atoms with Gasteiger partial charge in [0.15, 0.2) is 11.6 Å². The van der Waals surface area contributed by atoms with Crippen molar-refractivity contribution in [1.29, 1.82) is 0 Å². The van der Waals surface area contributed by atoms with Crippen LogP contribution in [0.25, 0.3) is 39.1 Å². The van der Waals surface area contributed by atoms with Crippen molar-refractivity contribution < 1.29 is 24.5 Å². The molecule has 7 rings (SSSR count). The van der Waals surface area contributed by atoms with Gasteiger partial charge in [-0.2, -0.15) is 10.2 Å². The zero-order chi connectivity index (χ0) is 37.3. The second kappa shape index (κ2) is 14.7. The first-order valence-corrected chi connectivity index (χ1v) is 18.8. The first-order valence-electron chi connectivity index (χ1n) is 17.5. The van der Waals surface area contributed by atoms with Gasteiger partial charge in [0.2, 0.25) is 5.88 Å². The summed E-state index contributed by atoms with van der Waals surface area (Å²) in [7, 11) is 1.82. The molecule has 1 fully saturated rings. The molecular formula is C38H43N9O5S. The Morgan fingerprint density at radius 3 is 2.49 bits per heavy atom. The zero-order valence-corrected chi connectivity index (χ0v) is 30.9. The number of anilines is 1. The number of rotatable bonds is 12. The number of H-pyrrole nitrogens is 1. The van der Waals surface area contributed by atoms with Gasteiger partial charge in [-0.25, -0.2) is 14.9 Å². The number of likely N-dealkylation sites (tertiary alicyclic amines) is 1. The lowest BCUT2D eigenvalue weighted by atomic mass is 9.98. The molecule has 2 aromatic carbocycles. The molecule has 1 saturated heterocycles. The molecule has 5 aromatic rings. The quantitative estimate of drug-likeness (QED) is 0.136. The fourth-order valence-electron chi connectivity index (χ4n) is 6.84. The van der Waals surface area contributed by atoms with Gasteiger partial charge in [-0.15, -0.1) is 11.8 Å². The summed E-state index contributed by atoms with van der Waals surface area (Å²) < 4.78 is 6.40. The molecule has 2 aliphatic rings. The summed E-state index contributed by atoms with van der Waals surface area (Å²) in [6, 6.07) is 17.4. The molecule has 1 unspecified atom stereocenters. The highest BCUT2D eigenvalue weighted by Crippen LogP contribution is 2.38. The molecule has 14 nitrogen and oxygen atoms in total. The first-order chi connectivity index (χ1) is 25.5. The third-order valence-electron chi connectivity index (χ3n) is 9.85. The number of benzene rings is 2. The maximum absolute atomic E-state index is 13.8. The summed E-state index contributed by atoms with van der Waals surface area (Å²) in [5.41, 5.74) is 6.13. The second-order valence-corrected chi connectivity index (χ2v) is 14.9. The lowest BCUT2D eigenvalue weighted by molar-refractivity contribution is -0.253. The molecule has 0 radical (unpaired) electrons. The molecule has 53 heavy (non-hydrogen) atoms. The van der Waals surface area contributed by atoms with Crippen LogP contribution in [0.5, 0.6) is 5.88 Å². The normalized spacial score (nSPS) is 18.1. The van der Waals surface area contributed by atoms with Crippen LogP contribution in [-0.2, 0) is 16.6 Å². The summed E-state index contributed by atoms with van der Waals surface area (Å²) in [4.78, 5) is 38.8. The number of aryl methyl sites for hydroxylation is 1. The number of ketones is 1. The Labute approximate surface area is 311 Å². The van der Waals surface area contributed by atoms with E-state index in [4.69, 9.17) is 4.74 Å². The lowest BCUT2D eigenvalue weighted by Crippen LogP contribution is -2.60. The van der Waals surface area contributed by atoms with Crippen molar-refractivity contribution in [3.63, 3.8) is 0 Å². The summed E-state index contributed by atoms with van der Waals surface area (Å²) in [6.45, 7) is 4.68. The Morgan fingerprint density at radius 2 is 1.83 bits per heavy atom. The number of fused-ring (bicyclic) bond motifs is 1. The predicted molar refractivity (Wildman–Crippen MR) is 204 cm³/mol. The number of aromatic amines is 1. The molecule has 0 bridgehead atoms. The minimum atomic E-state index is -2.75.